The van der Waals surface area contributed by atoms with Crippen molar-refractivity contribution in [1.29, 1.82) is 0 Å². The highest BCUT2D eigenvalue weighted by Crippen LogP contribution is 2.18. The number of hydrogen-bond acceptors (Lipinski definition) is 7. The molecule has 10 nitrogen and oxygen atoms in total. The molecule has 1 N–H and O–H groups in total. The molecular formula is C14H15N5O5. The summed E-state index contributed by atoms with van der Waals surface area (Å²) in [6.45, 7) is 1.48. The molecule has 1 aliphatic rings. The molecule has 0 bridgehead atoms. The Balaban J connectivity index is 2.17. The molecule has 1 fully saturated rings. The number of nitrogens with one attached hydrogen (secondary N) is 1. The van der Waals surface area contributed by atoms with Crippen LogP contribution in [0.3, 0.4) is 0 Å². The van der Waals surface area contributed by atoms with Gasteiger partial charge in [-0.1, -0.05) is 0 Å². The highest BCUT2D eigenvalue weighted by molar-refractivity contribution is 6.26. The Hall–Kier alpha value is -3.30. The summed E-state index contributed by atoms with van der Waals surface area (Å²) < 4.78 is 0. The normalized spacial score (nSPS) is 16.6. The van der Waals surface area contributed by atoms with Crippen molar-refractivity contribution < 1.29 is 19.3 Å². The summed E-state index contributed by atoms with van der Waals surface area (Å²) in [5.74, 6) is -2.51. The standard InChI is InChI=1S/C14H15N5O5/c1-8(11-12(20)17(2)14(22)18(3)13(11)21)15-16-9-4-6-10(7-5-9)19(23)24/h4-7,11,16H,1-3H3. The number of barbiturate groups is 1. The van der Waals surface area contributed by atoms with E-state index < -0.39 is 28.7 Å². The minimum atomic E-state index is -1.19. The predicted octanol–water partition coefficient (Wildman–Crippen LogP) is 1.05. The molecule has 0 aromatic heterocycles. The van der Waals surface area contributed by atoms with Crippen LogP contribution < -0.4 is 5.43 Å². The van der Waals surface area contributed by atoms with E-state index in [4.69, 9.17) is 0 Å². The molecule has 24 heavy (non-hydrogen) atoms. The topological polar surface area (TPSA) is 125 Å². The van der Waals surface area contributed by atoms with Gasteiger partial charge in [-0.2, -0.15) is 5.10 Å². The number of urea groups is 1. The van der Waals surface area contributed by atoms with Gasteiger partial charge in [-0.15, -0.1) is 0 Å². The molecule has 0 unspecified atom stereocenters. The van der Waals surface area contributed by atoms with Crippen LogP contribution in [0.5, 0.6) is 0 Å². The lowest BCUT2D eigenvalue weighted by atomic mass is 9.99. The number of nitrogens with zero attached hydrogens (tertiary/aromatic N) is 4. The maximum Gasteiger partial charge on any atom is 0.332 e. The highest BCUT2D eigenvalue weighted by atomic mass is 16.6. The Labute approximate surface area is 136 Å². The molecule has 0 radical (unpaired) electrons. The van der Waals surface area contributed by atoms with Crippen LogP contribution in [0.1, 0.15) is 6.92 Å². The third-order valence-electron chi connectivity index (χ3n) is 3.59. The average Bonchev–Trinajstić information content (AvgIpc) is 2.57. The average molecular weight is 333 g/mol. The van der Waals surface area contributed by atoms with Gasteiger partial charge in [0.2, 0.25) is 11.8 Å². The summed E-state index contributed by atoms with van der Waals surface area (Å²) in [5, 5.41) is 14.6. The van der Waals surface area contributed by atoms with Crippen molar-refractivity contribution in [3.05, 3.63) is 34.4 Å². The Kier molecular flexibility index (Phi) is 4.58. The van der Waals surface area contributed by atoms with Crippen LogP contribution in [-0.2, 0) is 9.59 Å². The van der Waals surface area contributed by atoms with E-state index in [-0.39, 0.29) is 11.4 Å². The Morgan fingerprint density at radius 3 is 2.08 bits per heavy atom. The maximum absolute atomic E-state index is 12.1. The van der Waals surface area contributed by atoms with Crippen molar-refractivity contribution in [2.45, 2.75) is 6.92 Å². The molecule has 126 valence electrons. The van der Waals surface area contributed by atoms with Crippen LogP contribution >= 0.6 is 0 Å². The monoisotopic (exact) mass is 333 g/mol. The van der Waals surface area contributed by atoms with Gasteiger partial charge in [0.15, 0.2) is 5.92 Å². The summed E-state index contributed by atoms with van der Waals surface area (Å²) in [5.41, 5.74) is 3.19. The third-order valence-corrected chi connectivity index (χ3v) is 3.59. The van der Waals surface area contributed by atoms with Gasteiger partial charge < -0.3 is 0 Å². The van der Waals surface area contributed by atoms with Gasteiger partial charge in [-0.25, -0.2) is 4.79 Å². The van der Waals surface area contributed by atoms with Crippen LogP contribution in [0.4, 0.5) is 16.2 Å². The maximum atomic E-state index is 12.1. The van der Waals surface area contributed by atoms with Crippen LogP contribution in [0, 0.1) is 16.0 Å². The second kappa shape index (κ2) is 6.44. The van der Waals surface area contributed by atoms with Crippen LogP contribution in [0.2, 0.25) is 0 Å². The van der Waals surface area contributed by atoms with Crippen molar-refractivity contribution in [2.75, 3.05) is 19.5 Å². The van der Waals surface area contributed by atoms with Crippen molar-refractivity contribution in [1.82, 2.24) is 9.80 Å². The van der Waals surface area contributed by atoms with Gasteiger partial charge in [0.05, 0.1) is 16.3 Å². The fourth-order valence-corrected chi connectivity index (χ4v) is 2.14. The summed E-state index contributed by atoms with van der Waals surface area (Å²) >= 11 is 0. The number of carbonyl (C=O) groups excluding carboxylic acids is 3. The van der Waals surface area contributed by atoms with E-state index in [1.54, 1.807) is 0 Å². The van der Waals surface area contributed by atoms with E-state index in [9.17, 15) is 24.5 Å². The number of non-ortho nitro benzene ring substituents is 1. The quantitative estimate of drug-likeness (QED) is 0.380. The number of imide groups is 2. The number of amides is 4. The fraction of sp³-hybridized carbons (Fsp3) is 0.286. The zero-order chi connectivity index (χ0) is 18.0. The van der Waals surface area contributed by atoms with Gasteiger partial charge in [-0.3, -0.25) is 34.9 Å². The van der Waals surface area contributed by atoms with E-state index >= 15 is 0 Å². The first-order chi connectivity index (χ1) is 11.2. The predicted molar refractivity (Wildman–Crippen MR) is 84.3 cm³/mol. The lowest BCUT2D eigenvalue weighted by molar-refractivity contribution is -0.384. The van der Waals surface area contributed by atoms with Gasteiger partial charge in [-0.05, 0) is 19.1 Å². The zero-order valence-corrected chi connectivity index (χ0v) is 13.2. The first-order valence-corrected chi connectivity index (χ1v) is 6.87. The number of benzene rings is 1. The Morgan fingerprint density at radius 2 is 1.62 bits per heavy atom. The number of hydrogen-bond donors (Lipinski definition) is 1. The molecule has 0 spiro atoms. The van der Waals surface area contributed by atoms with E-state index in [2.05, 4.69) is 10.5 Å². The van der Waals surface area contributed by atoms with Gasteiger partial charge >= 0.3 is 6.03 Å². The van der Waals surface area contributed by atoms with Crippen molar-refractivity contribution in [3.63, 3.8) is 0 Å². The molecule has 1 aliphatic heterocycles. The van der Waals surface area contributed by atoms with Gasteiger partial charge in [0, 0.05) is 26.2 Å². The third kappa shape index (κ3) is 3.07. The summed E-state index contributed by atoms with van der Waals surface area (Å²) in [6, 6.07) is 4.79. The molecule has 4 amide bonds. The molecule has 10 heteroatoms. The summed E-state index contributed by atoms with van der Waals surface area (Å²) in [6.07, 6.45) is 0. The molecule has 0 saturated carbocycles. The molecular weight excluding hydrogens is 318 g/mol. The molecule has 1 heterocycles. The van der Waals surface area contributed by atoms with Crippen molar-refractivity contribution >= 4 is 34.9 Å². The number of hydrazone groups is 1. The molecule has 2 rings (SSSR count). The van der Waals surface area contributed by atoms with E-state index in [0.717, 1.165) is 9.80 Å². The Bertz CT molecular complexity index is 718. The SMILES string of the molecule is CC(=NNc1ccc([N+](=O)[O-])cc1)C1C(=O)N(C)C(=O)N(C)C1=O. The van der Waals surface area contributed by atoms with Crippen molar-refractivity contribution in [2.24, 2.45) is 11.0 Å². The largest absolute Gasteiger partial charge is 0.332 e. The van der Waals surface area contributed by atoms with Crippen LogP contribution in [-0.4, -0.2) is 52.4 Å². The summed E-state index contributed by atoms with van der Waals surface area (Å²) in [4.78, 5) is 47.7. The molecule has 1 saturated heterocycles. The highest BCUT2D eigenvalue weighted by Gasteiger charge is 2.44. The molecule has 0 atom stereocenters. The lowest BCUT2D eigenvalue weighted by Gasteiger charge is -2.32. The van der Waals surface area contributed by atoms with E-state index in [0.29, 0.717) is 5.69 Å². The lowest BCUT2D eigenvalue weighted by Crippen LogP contribution is -2.58. The smallest absolute Gasteiger partial charge is 0.279 e. The number of rotatable bonds is 4. The second-order valence-electron chi connectivity index (χ2n) is 5.18. The molecule has 1 aromatic carbocycles. The van der Waals surface area contributed by atoms with Crippen molar-refractivity contribution in [3.8, 4) is 0 Å². The number of carbonyl (C=O) groups is 3. The second-order valence-corrected chi connectivity index (χ2v) is 5.18. The molecule has 1 aromatic rings. The number of anilines is 1. The number of nitro benzene ring substituents is 1. The first-order valence-electron chi connectivity index (χ1n) is 6.87. The Morgan fingerprint density at radius 1 is 1.12 bits per heavy atom. The summed E-state index contributed by atoms with van der Waals surface area (Å²) in [7, 11) is 2.58. The van der Waals surface area contributed by atoms with Crippen LogP contribution in [0.15, 0.2) is 29.4 Å². The first kappa shape index (κ1) is 17.1. The molecule has 0 aliphatic carbocycles. The van der Waals surface area contributed by atoms with E-state index in [1.807, 2.05) is 0 Å². The zero-order valence-electron chi connectivity index (χ0n) is 13.2. The minimum absolute atomic E-state index is 0.0688. The van der Waals surface area contributed by atoms with Crippen LogP contribution in [0.25, 0.3) is 0 Å². The van der Waals surface area contributed by atoms with Gasteiger partial charge in [0.1, 0.15) is 0 Å². The van der Waals surface area contributed by atoms with Gasteiger partial charge in [0.25, 0.3) is 5.69 Å². The number of nitro groups is 1. The minimum Gasteiger partial charge on any atom is -0.279 e. The van der Waals surface area contributed by atoms with E-state index in [1.165, 1.54) is 45.3 Å². The fourth-order valence-electron chi connectivity index (χ4n) is 2.14.